The van der Waals surface area contributed by atoms with Gasteiger partial charge in [-0.05, 0) is 24.1 Å². The lowest BCUT2D eigenvalue weighted by atomic mass is 10.2. The van der Waals surface area contributed by atoms with Gasteiger partial charge < -0.3 is 20.1 Å². The van der Waals surface area contributed by atoms with E-state index in [9.17, 15) is 8.78 Å². The first kappa shape index (κ1) is 20.4. The smallest absolute Gasteiger partial charge is 0.387 e. The second-order valence-corrected chi connectivity index (χ2v) is 5.89. The summed E-state index contributed by atoms with van der Waals surface area (Å²) in [5, 5.41) is 6.55. The van der Waals surface area contributed by atoms with E-state index in [1.54, 1.807) is 13.1 Å². The lowest BCUT2D eigenvalue weighted by Gasteiger charge is -2.15. The van der Waals surface area contributed by atoms with Gasteiger partial charge in [0, 0.05) is 37.3 Å². The van der Waals surface area contributed by atoms with E-state index in [4.69, 9.17) is 16.3 Å². The van der Waals surface area contributed by atoms with Crippen LogP contribution in [0.5, 0.6) is 5.75 Å². The van der Waals surface area contributed by atoms with Crippen molar-refractivity contribution in [3.05, 3.63) is 28.8 Å². The first-order chi connectivity index (χ1) is 11.4. The summed E-state index contributed by atoms with van der Waals surface area (Å²) in [7, 11) is 1.62. The van der Waals surface area contributed by atoms with Crippen molar-refractivity contribution in [2.24, 2.45) is 10.9 Å². The van der Waals surface area contributed by atoms with Crippen molar-refractivity contribution in [2.75, 3.05) is 26.8 Å². The van der Waals surface area contributed by atoms with Gasteiger partial charge in [-0.15, -0.1) is 0 Å². The Hall–Kier alpha value is -1.60. The van der Waals surface area contributed by atoms with Crippen molar-refractivity contribution >= 4 is 17.6 Å². The number of benzene rings is 1. The lowest BCUT2D eigenvalue weighted by Crippen LogP contribution is -2.38. The van der Waals surface area contributed by atoms with Crippen LogP contribution in [0.4, 0.5) is 8.78 Å². The molecule has 5 nitrogen and oxygen atoms in total. The van der Waals surface area contributed by atoms with Crippen molar-refractivity contribution in [3.63, 3.8) is 0 Å². The van der Waals surface area contributed by atoms with Crippen molar-refractivity contribution in [1.29, 1.82) is 0 Å². The average Bonchev–Trinajstić information content (AvgIpc) is 2.51. The van der Waals surface area contributed by atoms with Crippen molar-refractivity contribution in [3.8, 4) is 5.75 Å². The molecule has 0 aromatic heterocycles. The number of aliphatic imine (C=N–C) groups is 1. The third-order valence-corrected chi connectivity index (χ3v) is 3.13. The highest BCUT2D eigenvalue weighted by Crippen LogP contribution is 2.24. The Labute approximate surface area is 146 Å². The Morgan fingerprint density at radius 2 is 2.04 bits per heavy atom. The zero-order valence-electron chi connectivity index (χ0n) is 14.1. The van der Waals surface area contributed by atoms with E-state index >= 15 is 0 Å². The van der Waals surface area contributed by atoms with Gasteiger partial charge in [0.25, 0.3) is 0 Å². The van der Waals surface area contributed by atoms with Crippen LogP contribution in [0.15, 0.2) is 23.2 Å². The molecule has 136 valence electrons. The van der Waals surface area contributed by atoms with Gasteiger partial charge in [0.15, 0.2) is 5.96 Å². The lowest BCUT2D eigenvalue weighted by molar-refractivity contribution is -0.0504. The van der Waals surface area contributed by atoms with E-state index in [2.05, 4.69) is 34.2 Å². The maximum atomic E-state index is 12.4. The molecule has 0 aliphatic carbocycles. The number of rotatable bonds is 9. The molecule has 0 heterocycles. The minimum atomic E-state index is -2.89. The fraction of sp³-hybridized carbons (Fsp3) is 0.562. The van der Waals surface area contributed by atoms with Gasteiger partial charge in [0.1, 0.15) is 5.75 Å². The Kier molecular flexibility index (Phi) is 9.41. The first-order valence-electron chi connectivity index (χ1n) is 7.68. The van der Waals surface area contributed by atoms with E-state index in [1.807, 2.05) is 0 Å². The number of ether oxygens (including phenoxy) is 2. The van der Waals surface area contributed by atoms with Crippen LogP contribution in [0.1, 0.15) is 19.4 Å². The van der Waals surface area contributed by atoms with E-state index in [0.717, 1.165) is 0 Å². The molecule has 0 spiro atoms. The molecule has 0 saturated carbocycles. The van der Waals surface area contributed by atoms with Gasteiger partial charge in [-0.1, -0.05) is 25.4 Å². The molecular weight excluding hydrogens is 340 g/mol. The minimum absolute atomic E-state index is 0.0811. The van der Waals surface area contributed by atoms with Crippen molar-refractivity contribution in [1.82, 2.24) is 10.6 Å². The van der Waals surface area contributed by atoms with Crippen molar-refractivity contribution in [2.45, 2.75) is 27.0 Å². The monoisotopic (exact) mass is 363 g/mol. The summed E-state index contributed by atoms with van der Waals surface area (Å²) < 4.78 is 34.8. The molecule has 0 aliphatic heterocycles. The highest BCUT2D eigenvalue weighted by atomic mass is 35.5. The van der Waals surface area contributed by atoms with Gasteiger partial charge in [0.05, 0.1) is 6.61 Å². The number of alkyl halides is 2. The normalized spacial score (nSPS) is 11.9. The zero-order chi connectivity index (χ0) is 17.9. The molecule has 0 aliphatic rings. The highest BCUT2D eigenvalue weighted by Gasteiger charge is 2.11. The Morgan fingerprint density at radius 3 is 2.67 bits per heavy atom. The maximum absolute atomic E-state index is 12.4. The summed E-state index contributed by atoms with van der Waals surface area (Å²) in [6.45, 7) is 3.36. The average molecular weight is 364 g/mol. The number of hydrogen-bond acceptors (Lipinski definition) is 3. The van der Waals surface area contributed by atoms with Crippen LogP contribution in [0.2, 0.25) is 5.02 Å². The second kappa shape index (κ2) is 11.0. The molecule has 8 heteroatoms. The molecule has 0 unspecified atom stereocenters. The molecule has 1 rings (SSSR count). The topological polar surface area (TPSA) is 54.9 Å². The van der Waals surface area contributed by atoms with Crippen LogP contribution in [0, 0.1) is 5.92 Å². The first-order valence-corrected chi connectivity index (χ1v) is 8.05. The summed E-state index contributed by atoms with van der Waals surface area (Å²) in [5.74, 6) is 1.10. The third kappa shape index (κ3) is 8.31. The highest BCUT2D eigenvalue weighted by molar-refractivity contribution is 6.30. The van der Waals surface area contributed by atoms with Gasteiger partial charge in [-0.3, -0.25) is 4.99 Å². The molecule has 0 bridgehead atoms. The van der Waals surface area contributed by atoms with Crippen LogP contribution in [-0.4, -0.2) is 39.4 Å². The number of nitrogens with one attached hydrogen (secondary N) is 2. The molecular formula is C16H24ClF2N3O2. The second-order valence-electron chi connectivity index (χ2n) is 5.45. The van der Waals surface area contributed by atoms with Crippen LogP contribution < -0.4 is 15.4 Å². The molecule has 0 atom stereocenters. The number of nitrogens with zero attached hydrogens (tertiary/aromatic N) is 1. The summed E-state index contributed by atoms with van der Waals surface area (Å²) in [6, 6.07) is 4.49. The predicted molar refractivity (Wildman–Crippen MR) is 91.9 cm³/mol. The number of hydrogen-bond donors (Lipinski definition) is 2. The zero-order valence-corrected chi connectivity index (χ0v) is 14.9. The fourth-order valence-electron chi connectivity index (χ4n) is 1.86. The van der Waals surface area contributed by atoms with Crippen LogP contribution in [0.3, 0.4) is 0 Å². The summed E-state index contributed by atoms with van der Waals surface area (Å²) in [6.07, 6.45) is 0. The van der Waals surface area contributed by atoms with Gasteiger partial charge in [-0.2, -0.15) is 8.78 Å². The Morgan fingerprint density at radius 1 is 1.29 bits per heavy atom. The molecule has 0 saturated heterocycles. The molecule has 0 radical (unpaired) electrons. The summed E-state index contributed by atoms with van der Waals surface area (Å²) >= 11 is 5.91. The molecule has 2 N–H and O–H groups in total. The molecule has 0 fully saturated rings. The van der Waals surface area contributed by atoms with Crippen molar-refractivity contribution < 1.29 is 18.3 Å². The molecule has 0 amide bonds. The van der Waals surface area contributed by atoms with E-state index in [0.29, 0.717) is 42.2 Å². The number of guanidine groups is 1. The maximum Gasteiger partial charge on any atom is 0.387 e. The van der Waals surface area contributed by atoms with Gasteiger partial charge in [-0.25, -0.2) is 0 Å². The minimum Gasteiger partial charge on any atom is -0.434 e. The Bertz CT molecular complexity index is 528. The molecule has 24 heavy (non-hydrogen) atoms. The SMILES string of the molecule is CN=C(NCCOCC(C)C)NCc1cc(Cl)ccc1OC(F)F. The number of halogens is 3. The quantitative estimate of drug-likeness (QED) is 0.401. The van der Waals surface area contributed by atoms with E-state index in [-0.39, 0.29) is 12.3 Å². The molecule has 1 aromatic rings. The van der Waals surface area contributed by atoms with Crippen LogP contribution in [-0.2, 0) is 11.3 Å². The molecule has 1 aromatic carbocycles. The third-order valence-electron chi connectivity index (χ3n) is 2.90. The van der Waals surface area contributed by atoms with E-state index < -0.39 is 6.61 Å². The van der Waals surface area contributed by atoms with E-state index in [1.165, 1.54) is 12.1 Å². The fourth-order valence-corrected chi connectivity index (χ4v) is 2.05. The van der Waals surface area contributed by atoms with Crippen LogP contribution >= 0.6 is 11.6 Å². The van der Waals surface area contributed by atoms with Gasteiger partial charge in [0.2, 0.25) is 0 Å². The van der Waals surface area contributed by atoms with Gasteiger partial charge >= 0.3 is 6.61 Å². The summed E-state index contributed by atoms with van der Waals surface area (Å²) in [4.78, 5) is 4.07. The van der Waals surface area contributed by atoms with Crippen LogP contribution in [0.25, 0.3) is 0 Å². The standard InChI is InChI=1S/C16H24ClF2N3O2/c1-11(2)10-23-7-6-21-16(20-3)22-9-12-8-13(17)4-5-14(12)24-15(18)19/h4-5,8,11,15H,6-7,9-10H2,1-3H3,(H2,20,21,22). The largest absolute Gasteiger partial charge is 0.434 e. The summed E-state index contributed by atoms with van der Waals surface area (Å²) in [5.41, 5.74) is 0.516. The predicted octanol–water partition coefficient (Wildman–Crippen LogP) is 3.28. The Balaban J connectivity index is 2.49.